The molecule has 0 aliphatic heterocycles. The molecule has 2 atom stereocenters. The maximum Gasteiger partial charge on any atom is 0.211 e. The van der Waals surface area contributed by atoms with E-state index in [1.165, 1.54) is 0 Å². The first-order valence-corrected chi connectivity index (χ1v) is 6.95. The van der Waals surface area contributed by atoms with Crippen molar-refractivity contribution in [2.45, 2.75) is 37.8 Å². The largest absolute Gasteiger partial charge is 0.381 e. The third kappa shape index (κ3) is 4.46. The molecule has 0 aromatic carbocycles. The third-order valence-corrected chi connectivity index (χ3v) is 4.20. The molecule has 5 nitrogen and oxygen atoms in total. The van der Waals surface area contributed by atoms with E-state index in [2.05, 4.69) is 4.72 Å². The van der Waals surface area contributed by atoms with Gasteiger partial charge in [0.1, 0.15) is 0 Å². The average molecular weight is 236 g/mol. The van der Waals surface area contributed by atoms with Crippen molar-refractivity contribution in [3.8, 4) is 0 Å². The molecule has 1 rings (SSSR count). The SMILES string of the molecule is COC1CCC(NS(=O)(=O)CCCN)C1. The zero-order valence-electron chi connectivity index (χ0n) is 9.11. The van der Waals surface area contributed by atoms with E-state index >= 15 is 0 Å². The van der Waals surface area contributed by atoms with Gasteiger partial charge in [-0.15, -0.1) is 0 Å². The van der Waals surface area contributed by atoms with Crippen molar-refractivity contribution in [2.24, 2.45) is 5.73 Å². The molecule has 3 N–H and O–H groups in total. The molecule has 15 heavy (non-hydrogen) atoms. The zero-order valence-corrected chi connectivity index (χ0v) is 9.92. The Bertz CT molecular complexity index is 279. The van der Waals surface area contributed by atoms with Gasteiger partial charge in [-0.3, -0.25) is 0 Å². The fourth-order valence-electron chi connectivity index (χ4n) is 1.85. The topological polar surface area (TPSA) is 81.4 Å². The smallest absolute Gasteiger partial charge is 0.211 e. The van der Waals surface area contributed by atoms with E-state index in [1.807, 2.05) is 0 Å². The number of hydrogen-bond acceptors (Lipinski definition) is 4. The Hall–Kier alpha value is -0.170. The van der Waals surface area contributed by atoms with Gasteiger partial charge in [-0.2, -0.15) is 0 Å². The molecule has 1 aliphatic carbocycles. The summed E-state index contributed by atoms with van der Waals surface area (Å²) in [6.07, 6.45) is 3.28. The fraction of sp³-hybridized carbons (Fsp3) is 1.00. The summed E-state index contributed by atoms with van der Waals surface area (Å²) in [6, 6.07) is 0.0396. The second-order valence-corrected chi connectivity index (χ2v) is 5.82. The van der Waals surface area contributed by atoms with Gasteiger partial charge in [0.15, 0.2) is 0 Å². The molecule has 0 bridgehead atoms. The first kappa shape index (κ1) is 12.9. The van der Waals surface area contributed by atoms with Crippen LogP contribution in [0.5, 0.6) is 0 Å². The molecule has 0 heterocycles. The number of sulfonamides is 1. The maximum absolute atomic E-state index is 11.5. The number of hydrogen-bond donors (Lipinski definition) is 2. The van der Waals surface area contributed by atoms with Crippen LogP contribution in [-0.4, -0.2) is 40.0 Å². The highest BCUT2D eigenvalue weighted by molar-refractivity contribution is 7.89. The minimum atomic E-state index is -3.14. The molecule has 0 amide bonds. The molecule has 6 heteroatoms. The molecule has 0 aromatic heterocycles. The molecule has 90 valence electrons. The van der Waals surface area contributed by atoms with E-state index in [9.17, 15) is 8.42 Å². The van der Waals surface area contributed by atoms with Crippen LogP contribution in [0.2, 0.25) is 0 Å². The normalized spacial score (nSPS) is 27.1. The van der Waals surface area contributed by atoms with Crippen LogP contribution in [0.4, 0.5) is 0 Å². The molecule has 1 aliphatic rings. The van der Waals surface area contributed by atoms with Crippen LogP contribution in [0, 0.1) is 0 Å². The molecular weight excluding hydrogens is 216 g/mol. The van der Waals surface area contributed by atoms with Crippen LogP contribution < -0.4 is 10.5 Å². The Morgan fingerprint density at radius 1 is 1.47 bits per heavy atom. The summed E-state index contributed by atoms with van der Waals surface area (Å²) < 4.78 is 30.9. The summed E-state index contributed by atoms with van der Waals surface area (Å²) in [5.41, 5.74) is 5.28. The molecule has 1 saturated carbocycles. The lowest BCUT2D eigenvalue weighted by molar-refractivity contribution is 0.107. The van der Waals surface area contributed by atoms with Crippen LogP contribution >= 0.6 is 0 Å². The molecule has 0 radical (unpaired) electrons. The number of methoxy groups -OCH3 is 1. The highest BCUT2D eigenvalue weighted by Gasteiger charge is 2.27. The predicted molar refractivity (Wildman–Crippen MR) is 59.0 cm³/mol. The van der Waals surface area contributed by atoms with Gasteiger partial charge in [0.05, 0.1) is 11.9 Å². The molecule has 0 spiro atoms. The Morgan fingerprint density at radius 2 is 2.20 bits per heavy atom. The summed E-state index contributed by atoms with van der Waals surface area (Å²) in [6.45, 7) is 0.409. The summed E-state index contributed by atoms with van der Waals surface area (Å²) in [7, 11) is -1.48. The minimum Gasteiger partial charge on any atom is -0.381 e. The van der Waals surface area contributed by atoms with Crippen molar-refractivity contribution in [2.75, 3.05) is 19.4 Å². The summed E-state index contributed by atoms with van der Waals surface area (Å²) in [5, 5.41) is 0. The van der Waals surface area contributed by atoms with Crippen LogP contribution in [0.3, 0.4) is 0 Å². The van der Waals surface area contributed by atoms with Crippen molar-refractivity contribution in [3.63, 3.8) is 0 Å². The lowest BCUT2D eigenvalue weighted by Gasteiger charge is -2.12. The molecule has 1 fully saturated rings. The van der Waals surface area contributed by atoms with Gasteiger partial charge in [0.25, 0.3) is 0 Å². The van der Waals surface area contributed by atoms with Crippen LogP contribution in [-0.2, 0) is 14.8 Å². The van der Waals surface area contributed by atoms with Crippen LogP contribution in [0.25, 0.3) is 0 Å². The monoisotopic (exact) mass is 236 g/mol. The van der Waals surface area contributed by atoms with Gasteiger partial charge < -0.3 is 10.5 Å². The molecule has 0 saturated heterocycles. The maximum atomic E-state index is 11.5. The van der Waals surface area contributed by atoms with Gasteiger partial charge in [-0.05, 0) is 32.2 Å². The fourth-order valence-corrected chi connectivity index (χ4v) is 3.23. The van der Waals surface area contributed by atoms with Gasteiger partial charge in [0.2, 0.25) is 10.0 Å². The van der Waals surface area contributed by atoms with Crippen molar-refractivity contribution in [1.29, 1.82) is 0 Å². The highest BCUT2D eigenvalue weighted by atomic mass is 32.2. The van der Waals surface area contributed by atoms with E-state index in [4.69, 9.17) is 10.5 Å². The average Bonchev–Trinajstić information content (AvgIpc) is 2.62. The number of nitrogens with two attached hydrogens (primary N) is 1. The van der Waals surface area contributed by atoms with Gasteiger partial charge in [-0.25, -0.2) is 13.1 Å². The Kier molecular flexibility index (Phi) is 4.98. The van der Waals surface area contributed by atoms with Crippen molar-refractivity contribution < 1.29 is 13.2 Å². The lowest BCUT2D eigenvalue weighted by atomic mass is 10.3. The van der Waals surface area contributed by atoms with Gasteiger partial charge in [0, 0.05) is 13.2 Å². The second kappa shape index (κ2) is 5.79. The minimum absolute atomic E-state index is 0.0396. The van der Waals surface area contributed by atoms with E-state index < -0.39 is 10.0 Å². The molecular formula is C9H20N2O3S. The molecule has 2 unspecified atom stereocenters. The van der Waals surface area contributed by atoms with E-state index in [1.54, 1.807) is 7.11 Å². The first-order valence-electron chi connectivity index (χ1n) is 5.30. The van der Waals surface area contributed by atoms with Crippen LogP contribution in [0.15, 0.2) is 0 Å². The number of nitrogens with one attached hydrogen (secondary N) is 1. The molecule has 0 aromatic rings. The van der Waals surface area contributed by atoms with E-state index in [-0.39, 0.29) is 17.9 Å². The number of ether oxygens (including phenoxy) is 1. The first-order chi connectivity index (χ1) is 7.07. The summed E-state index contributed by atoms with van der Waals surface area (Å²) >= 11 is 0. The highest BCUT2D eigenvalue weighted by Crippen LogP contribution is 2.21. The Morgan fingerprint density at radius 3 is 2.73 bits per heavy atom. The number of rotatable bonds is 6. The zero-order chi connectivity index (χ0) is 11.3. The van der Waals surface area contributed by atoms with Crippen molar-refractivity contribution in [1.82, 2.24) is 4.72 Å². The Balaban J connectivity index is 2.35. The standard InChI is InChI=1S/C9H20N2O3S/c1-14-9-4-3-8(7-9)11-15(12,13)6-2-5-10/h8-9,11H,2-7,10H2,1H3. The quantitative estimate of drug-likeness (QED) is 0.670. The second-order valence-electron chi connectivity index (χ2n) is 3.95. The van der Waals surface area contributed by atoms with Crippen molar-refractivity contribution >= 4 is 10.0 Å². The van der Waals surface area contributed by atoms with Gasteiger partial charge in [-0.1, -0.05) is 0 Å². The van der Waals surface area contributed by atoms with Gasteiger partial charge >= 0.3 is 0 Å². The van der Waals surface area contributed by atoms with Crippen molar-refractivity contribution in [3.05, 3.63) is 0 Å². The third-order valence-electron chi connectivity index (χ3n) is 2.68. The van der Waals surface area contributed by atoms with Crippen LogP contribution in [0.1, 0.15) is 25.7 Å². The predicted octanol–water partition coefficient (Wildman–Crippen LogP) is -0.178. The van der Waals surface area contributed by atoms with E-state index in [0.717, 1.165) is 19.3 Å². The lowest BCUT2D eigenvalue weighted by Crippen LogP contribution is -2.35. The Labute approximate surface area is 91.4 Å². The summed E-state index contributed by atoms with van der Waals surface area (Å²) in [5.74, 6) is 0.123. The summed E-state index contributed by atoms with van der Waals surface area (Å²) in [4.78, 5) is 0. The van der Waals surface area contributed by atoms with E-state index in [0.29, 0.717) is 13.0 Å².